The molecule has 0 radical (unpaired) electrons. The monoisotopic (exact) mass is 244 g/mol. The van der Waals surface area contributed by atoms with Gasteiger partial charge < -0.3 is 10.6 Å². The highest BCUT2D eigenvalue weighted by atomic mass is 16.1. The van der Waals surface area contributed by atoms with Crippen molar-refractivity contribution >= 4 is 11.6 Å². The summed E-state index contributed by atoms with van der Waals surface area (Å²) in [5, 5.41) is 9.95. The lowest BCUT2D eigenvalue weighted by Crippen LogP contribution is -2.28. The maximum absolute atomic E-state index is 11.6. The Morgan fingerprint density at radius 2 is 2.06 bits per heavy atom. The normalized spacial score (nSPS) is 10.3. The van der Waals surface area contributed by atoms with E-state index in [-0.39, 0.29) is 12.5 Å². The molecule has 0 spiro atoms. The van der Waals surface area contributed by atoms with Crippen LogP contribution in [-0.2, 0) is 18.4 Å². The van der Waals surface area contributed by atoms with Crippen LogP contribution in [-0.4, -0.2) is 22.2 Å². The minimum atomic E-state index is -0.0524. The number of para-hydroxylation sites is 1. The van der Waals surface area contributed by atoms with Crippen molar-refractivity contribution in [2.75, 3.05) is 11.9 Å². The number of carbonyl (C=O) groups is 1. The van der Waals surface area contributed by atoms with Crippen LogP contribution in [0.4, 0.5) is 5.69 Å². The quantitative estimate of drug-likeness (QED) is 0.829. The zero-order valence-corrected chi connectivity index (χ0v) is 10.3. The third-order valence-corrected chi connectivity index (χ3v) is 2.57. The first-order valence-corrected chi connectivity index (χ1v) is 5.78. The van der Waals surface area contributed by atoms with Gasteiger partial charge in [0.1, 0.15) is 0 Å². The Bertz CT molecular complexity index is 507. The summed E-state index contributed by atoms with van der Waals surface area (Å²) in [6, 6.07) is 11.3. The van der Waals surface area contributed by atoms with E-state index in [2.05, 4.69) is 15.7 Å². The molecular formula is C13H16N4O. The first-order chi connectivity index (χ1) is 8.75. The van der Waals surface area contributed by atoms with E-state index < -0.39 is 0 Å². The fourth-order valence-electron chi connectivity index (χ4n) is 1.61. The van der Waals surface area contributed by atoms with E-state index in [0.717, 1.165) is 11.4 Å². The van der Waals surface area contributed by atoms with Crippen LogP contribution in [0.15, 0.2) is 42.6 Å². The summed E-state index contributed by atoms with van der Waals surface area (Å²) in [5.74, 6) is -0.0524. The Balaban J connectivity index is 1.74. The molecule has 1 amide bonds. The first-order valence-electron chi connectivity index (χ1n) is 5.78. The summed E-state index contributed by atoms with van der Waals surface area (Å²) in [6.07, 6.45) is 1.74. The number of aromatic nitrogens is 2. The third kappa shape index (κ3) is 3.43. The molecule has 0 aliphatic carbocycles. The molecular weight excluding hydrogens is 228 g/mol. The van der Waals surface area contributed by atoms with Gasteiger partial charge in [0, 0.05) is 25.5 Å². The fourth-order valence-corrected chi connectivity index (χ4v) is 1.61. The zero-order valence-electron chi connectivity index (χ0n) is 10.3. The van der Waals surface area contributed by atoms with Crippen molar-refractivity contribution in [1.82, 2.24) is 15.1 Å². The van der Waals surface area contributed by atoms with Crippen molar-refractivity contribution < 1.29 is 4.79 Å². The molecule has 0 saturated heterocycles. The van der Waals surface area contributed by atoms with Crippen LogP contribution in [0.5, 0.6) is 0 Å². The predicted molar refractivity (Wildman–Crippen MR) is 70.0 cm³/mol. The predicted octanol–water partition coefficient (Wildman–Crippen LogP) is 1.15. The van der Waals surface area contributed by atoms with Gasteiger partial charge in [-0.2, -0.15) is 5.10 Å². The van der Waals surface area contributed by atoms with E-state index >= 15 is 0 Å². The van der Waals surface area contributed by atoms with Gasteiger partial charge in [-0.1, -0.05) is 18.2 Å². The Morgan fingerprint density at radius 3 is 2.72 bits per heavy atom. The van der Waals surface area contributed by atoms with Gasteiger partial charge in [-0.25, -0.2) is 0 Å². The Morgan fingerprint density at radius 1 is 1.28 bits per heavy atom. The summed E-state index contributed by atoms with van der Waals surface area (Å²) in [5.41, 5.74) is 1.85. The molecule has 0 saturated carbocycles. The molecule has 1 aromatic heterocycles. The number of amides is 1. The second-order valence-corrected chi connectivity index (χ2v) is 3.96. The molecule has 2 N–H and O–H groups in total. The van der Waals surface area contributed by atoms with Crippen LogP contribution in [0.2, 0.25) is 0 Å². The SMILES string of the molecule is Cn1nccc1CNCC(=O)Nc1ccccc1. The van der Waals surface area contributed by atoms with Crippen molar-refractivity contribution in [3.8, 4) is 0 Å². The van der Waals surface area contributed by atoms with E-state index in [9.17, 15) is 4.79 Å². The average Bonchev–Trinajstić information content (AvgIpc) is 2.76. The van der Waals surface area contributed by atoms with Gasteiger partial charge in [-0.3, -0.25) is 9.48 Å². The largest absolute Gasteiger partial charge is 0.325 e. The van der Waals surface area contributed by atoms with Gasteiger partial charge in [-0.05, 0) is 18.2 Å². The van der Waals surface area contributed by atoms with Crippen LogP contribution < -0.4 is 10.6 Å². The fraction of sp³-hybridized carbons (Fsp3) is 0.231. The topological polar surface area (TPSA) is 59.0 Å². The van der Waals surface area contributed by atoms with Gasteiger partial charge in [0.05, 0.1) is 12.2 Å². The number of hydrogen-bond donors (Lipinski definition) is 2. The number of hydrogen-bond acceptors (Lipinski definition) is 3. The lowest BCUT2D eigenvalue weighted by Gasteiger charge is -2.06. The lowest BCUT2D eigenvalue weighted by atomic mass is 10.3. The number of rotatable bonds is 5. The molecule has 0 bridgehead atoms. The summed E-state index contributed by atoms with van der Waals surface area (Å²) in [6.45, 7) is 0.902. The van der Waals surface area contributed by atoms with Crippen molar-refractivity contribution in [1.29, 1.82) is 0 Å². The van der Waals surface area contributed by atoms with E-state index in [1.54, 1.807) is 10.9 Å². The summed E-state index contributed by atoms with van der Waals surface area (Å²) >= 11 is 0. The molecule has 18 heavy (non-hydrogen) atoms. The second-order valence-electron chi connectivity index (χ2n) is 3.96. The zero-order chi connectivity index (χ0) is 12.8. The molecule has 1 aromatic carbocycles. The molecule has 1 heterocycles. The Kier molecular flexibility index (Phi) is 4.09. The van der Waals surface area contributed by atoms with Crippen LogP contribution in [0, 0.1) is 0 Å². The highest BCUT2D eigenvalue weighted by Crippen LogP contribution is 2.04. The van der Waals surface area contributed by atoms with E-state index in [0.29, 0.717) is 6.54 Å². The lowest BCUT2D eigenvalue weighted by molar-refractivity contribution is -0.115. The molecule has 0 aliphatic heterocycles. The van der Waals surface area contributed by atoms with Gasteiger partial charge in [0.2, 0.25) is 5.91 Å². The average molecular weight is 244 g/mol. The van der Waals surface area contributed by atoms with Crippen LogP contribution in [0.1, 0.15) is 5.69 Å². The van der Waals surface area contributed by atoms with E-state index in [4.69, 9.17) is 0 Å². The van der Waals surface area contributed by atoms with Crippen LogP contribution in [0.3, 0.4) is 0 Å². The number of nitrogens with zero attached hydrogens (tertiary/aromatic N) is 2. The van der Waals surface area contributed by atoms with Crippen molar-refractivity contribution in [3.05, 3.63) is 48.3 Å². The molecule has 0 atom stereocenters. The third-order valence-electron chi connectivity index (χ3n) is 2.57. The smallest absolute Gasteiger partial charge is 0.238 e. The minimum Gasteiger partial charge on any atom is -0.325 e. The van der Waals surface area contributed by atoms with Crippen molar-refractivity contribution in [2.45, 2.75) is 6.54 Å². The highest BCUT2D eigenvalue weighted by molar-refractivity contribution is 5.92. The number of benzene rings is 1. The van der Waals surface area contributed by atoms with Crippen LogP contribution in [0.25, 0.3) is 0 Å². The van der Waals surface area contributed by atoms with Crippen LogP contribution >= 0.6 is 0 Å². The van der Waals surface area contributed by atoms with E-state index in [1.807, 2.05) is 43.4 Å². The maximum atomic E-state index is 11.6. The van der Waals surface area contributed by atoms with Gasteiger partial charge in [0.15, 0.2) is 0 Å². The first kappa shape index (κ1) is 12.3. The molecule has 0 unspecified atom stereocenters. The molecule has 5 nitrogen and oxygen atoms in total. The van der Waals surface area contributed by atoms with E-state index in [1.165, 1.54) is 0 Å². The van der Waals surface area contributed by atoms with Gasteiger partial charge in [-0.15, -0.1) is 0 Å². The summed E-state index contributed by atoms with van der Waals surface area (Å²) in [4.78, 5) is 11.6. The summed E-state index contributed by atoms with van der Waals surface area (Å²) in [7, 11) is 1.88. The standard InChI is InChI=1S/C13H16N4O/c1-17-12(7-8-15-17)9-14-10-13(18)16-11-5-3-2-4-6-11/h2-8,14H,9-10H2,1H3,(H,16,18). The number of carbonyl (C=O) groups excluding carboxylic acids is 1. The molecule has 2 rings (SSSR count). The minimum absolute atomic E-state index is 0.0524. The van der Waals surface area contributed by atoms with Gasteiger partial charge >= 0.3 is 0 Å². The molecule has 0 aliphatic rings. The number of nitrogens with one attached hydrogen (secondary N) is 2. The number of aryl methyl sites for hydroxylation is 1. The van der Waals surface area contributed by atoms with Gasteiger partial charge in [0.25, 0.3) is 0 Å². The number of anilines is 1. The highest BCUT2D eigenvalue weighted by Gasteiger charge is 2.02. The van der Waals surface area contributed by atoms with Crippen molar-refractivity contribution in [2.24, 2.45) is 7.05 Å². The maximum Gasteiger partial charge on any atom is 0.238 e. The second kappa shape index (κ2) is 5.97. The molecule has 0 fully saturated rings. The summed E-state index contributed by atoms with van der Waals surface area (Å²) < 4.78 is 1.78. The molecule has 94 valence electrons. The Labute approximate surface area is 106 Å². The van der Waals surface area contributed by atoms with Crippen molar-refractivity contribution in [3.63, 3.8) is 0 Å². The Hall–Kier alpha value is -2.14. The molecule has 2 aromatic rings. The molecule has 5 heteroatoms.